The second-order valence-electron chi connectivity index (χ2n) is 4.04. The van der Waals surface area contributed by atoms with Crippen molar-refractivity contribution in [2.75, 3.05) is 18.4 Å². The van der Waals surface area contributed by atoms with Gasteiger partial charge in [0.15, 0.2) is 0 Å². The van der Waals surface area contributed by atoms with Crippen molar-refractivity contribution >= 4 is 27.5 Å². The van der Waals surface area contributed by atoms with Gasteiger partial charge in [-0.05, 0) is 43.7 Å². The predicted octanol–water partition coefficient (Wildman–Crippen LogP) is 2.39. The quantitative estimate of drug-likeness (QED) is 0.875. The SMILES string of the molecule is O=C(Nc1ccc(Br)cc1)[C@@H]1CCCNC1. The van der Waals surface area contributed by atoms with Gasteiger partial charge >= 0.3 is 0 Å². The molecule has 1 heterocycles. The molecule has 0 unspecified atom stereocenters. The van der Waals surface area contributed by atoms with Gasteiger partial charge in [0, 0.05) is 16.7 Å². The van der Waals surface area contributed by atoms with E-state index in [1.807, 2.05) is 24.3 Å². The Morgan fingerprint density at radius 3 is 2.75 bits per heavy atom. The van der Waals surface area contributed by atoms with E-state index in [4.69, 9.17) is 0 Å². The molecule has 1 aliphatic heterocycles. The monoisotopic (exact) mass is 282 g/mol. The van der Waals surface area contributed by atoms with E-state index in [-0.39, 0.29) is 11.8 Å². The zero-order chi connectivity index (χ0) is 11.4. The maximum absolute atomic E-state index is 11.9. The highest BCUT2D eigenvalue weighted by atomic mass is 79.9. The molecule has 1 aliphatic rings. The van der Waals surface area contributed by atoms with Crippen molar-refractivity contribution in [1.82, 2.24) is 5.32 Å². The molecule has 1 aromatic carbocycles. The average molecular weight is 283 g/mol. The van der Waals surface area contributed by atoms with Gasteiger partial charge in [0.1, 0.15) is 0 Å². The van der Waals surface area contributed by atoms with Crippen LogP contribution in [0.1, 0.15) is 12.8 Å². The maximum atomic E-state index is 11.9. The Labute approximate surface area is 104 Å². The third-order valence-corrected chi connectivity index (χ3v) is 3.31. The molecule has 1 aromatic rings. The van der Waals surface area contributed by atoms with Crippen LogP contribution in [-0.4, -0.2) is 19.0 Å². The summed E-state index contributed by atoms with van der Waals surface area (Å²) in [4.78, 5) is 11.9. The van der Waals surface area contributed by atoms with Crippen LogP contribution in [0.15, 0.2) is 28.7 Å². The fourth-order valence-electron chi connectivity index (χ4n) is 1.85. The normalized spacial score (nSPS) is 20.4. The third kappa shape index (κ3) is 3.06. The lowest BCUT2D eigenvalue weighted by Gasteiger charge is -2.21. The number of nitrogens with one attached hydrogen (secondary N) is 2. The molecule has 0 bridgehead atoms. The van der Waals surface area contributed by atoms with Crippen molar-refractivity contribution in [1.29, 1.82) is 0 Å². The number of carbonyl (C=O) groups is 1. The Kier molecular flexibility index (Phi) is 3.96. The molecule has 16 heavy (non-hydrogen) atoms. The second kappa shape index (κ2) is 5.46. The molecule has 2 N–H and O–H groups in total. The summed E-state index contributed by atoms with van der Waals surface area (Å²) in [5.74, 6) is 0.229. The number of carbonyl (C=O) groups excluding carboxylic acids is 1. The molecule has 0 radical (unpaired) electrons. The van der Waals surface area contributed by atoms with Crippen LogP contribution in [0.25, 0.3) is 0 Å². The number of piperidine rings is 1. The van der Waals surface area contributed by atoms with Crippen LogP contribution >= 0.6 is 15.9 Å². The molecule has 4 heteroatoms. The highest BCUT2D eigenvalue weighted by Crippen LogP contribution is 2.16. The Bertz CT molecular complexity index is 358. The minimum Gasteiger partial charge on any atom is -0.326 e. The number of rotatable bonds is 2. The molecule has 0 spiro atoms. The van der Waals surface area contributed by atoms with E-state index in [2.05, 4.69) is 26.6 Å². The molecule has 1 saturated heterocycles. The highest BCUT2D eigenvalue weighted by Gasteiger charge is 2.20. The Morgan fingerprint density at radius 1 is 1.38 bits per heavy atom. The van der Waals surface area contributed by atoms with Crippen LogP contribution < -0.4 is 10.6 Å². The van der Waals surface area contributed by atoms with Gasteiger partial charge in [-0.1, -0.05) is 15.9 Å². The lowest BCUT2D eigenvalue weighted by molar-refractivity contribution is -0.120. The summed E-state index contributed by atoms with van der Waals surface area (Å²) in [6.07, 6.45) is 2.06. The molecule has 1 fully saturated rings. The second-order valence-corrected chi connectivity index (χ2v) is 4.96. The van der Waals surface area contributed by atoms with E-state index >= 15 is 0 Å². The molecule has 86 valence electrons. The summed E-state index contributed by atoms with van der Waals surface area (Å²) in [6.45, 7) is 1.82. The van der Waals surface area contributed by atoms with Gasteiger partial charge in [-0.2, -0.15) is 0 Å². The van der Waals surface area contributed by atoms with Crippen LogP contribution in [-0.2, 0) is 4.79 Å². The Hall–Kier alpha value is -0.870. The predicted molar refractivity (Wildman–Crippen MR) is 68.4 cm³/mol. The van der Waals surface area contributed by atoms with Gasteiger partial charge in [-0.15, -0.1) is 0 Å². The van der Waals surface area contributed by atoms with E-state index in [9.17, 15) is 4.79 Å². The minimum atomic E-state index is 0.109. The molecule has 0 saturated carbocycles. The molecular formula is C12H15BrN2O. The van der Waals surface area contributed by atoms with Crippen LogP contribution in [0.2, 0.25) is 0 Å². The number of benzene rings is 1. The number of anilines is 1. The standard InChI is InChI=1S/C12H15BrN2O/c13-10-3-5-11(6-4-10)15-12(16)9-2-1-7-14-8-9/h3-6,9,14H,1-2,7-8H2,(H,15,16)/t9-/m1/s1. The fraction of sp³-hybridized carbons (Fsp3) is 0.417. The molecule has 1 amide bonds. The number of hydrogen-bond donors (Lipinski definition) is 2. The third-order valence-electron chi connectivity index (χ3n) is 2.78. The highest BCUT2D eigenvalue weighted by molar-refractivity contribution is 9.10. The summed E-state index contributed by atoms with van der Waals surface area (Å²) < 4.78 is 1.02. The van der Waals surface area contributed by atoms with Crippen molar-refractivity contribution in [3.05, 3.63) is 28.7 Å². The number of hydrogen-bond acceptors (Lipinski definition) is 2. The van der Waals surface area contributed by atoms with Gasteiger partial charge in [0.25, 0.3) is 0 Å². The molecule has 0 aliphatic carbocycles. The van der Waals surface area contributed by atoms with Gasteiger partial charge in [0.2, 0.25) is 5.91 Å². The van der Waals surface area contributed by atoms with Gasteiger partial charge in [-0.25, -0.2) is 0 Å². The van der Waals surface area contributed by atoms with E-state index < -0.39 is 0 Å². The summed E-state index contributed by atoms with van der Waals surface area (Å²) in [5, 5.41) is 6.18. The minimum absolute atomic E-state index is 0.109. The van der Waals surface area contributed by atoms with Gasteiger partial charge < -0.3 is 10.6 Å². The Morgan fingerprint density at radius 2 is 2.12 bits per heavy atom. The van der Waals surface area contributed by atoms with Crippen molar-refractivity contribution in [2.24, 2.45) is 5.92 Å². The van der Waals surface area contributed by atoms with Gasteiger partial charge in [-0.3, -0.25) is 4.79 Å². The summed E-state index contributed by atoms with van der Waals surface area (Å²) >= 11 is 3.37. The summed E-state index contributed by atoms with van der Waals surface area (Å²) in [7, 11) is 0. The van der Waals surface area contributed by atoms with E-state index in [1.54, 1.807) is 0 Å². The van der Waals surface area contributed by atoms with E-state index in [1.165, 1.54) is 0 Å². The fourth-order valence-corrected chi connectivity index (χ4v) is 2.12. The maximum Gasteiger partial charge on any atom is 0.228 e. The van der Waals surface area contributed by atoms with Crippen molar-refractivity contribution in [3.63, 3.8) is 0 Å². The molecular weight excluding hydrogens is 268 g/mol. The molecule has 3 nitrogen and oxygen atoms in total. The smallest absolute Gasteiger partial charge is 0.228 e. The molecule has 0 aromatic heterocycles. The first-order valence-corrected chi connectivity index (χ1v) is 6.32. The van der Waals surface area contributed by atoms with Gasteiger partial charge in [0.05, 0.1) is 5.92 Å². The van der Waals surface area contributed by atoms with Crippen LogP contribution in [0.3, 0.4) is 0 Å². The van der Waals surface area contributed by atoms with Crippen molar-refractivity contribution < 1.29 is 4.79 Å². The topological polar surface area (TPSA) is 41.1 Å². The summed E-state index contributed by atoms with van der Waals surface area (Å²) in [5.41, 5.74) is 0.860. The van der Waals surface area contributed by atoms with Crippen LogP contribution in [0, 0.1) is 5.92 Å². The number of halogens is 1. The van der Waals surface area contributed by atoms with Crippen LogP contribution in [0.5, 0.6) is 0 Å². The van der Waals surface area contributed by atoms with E-state index in [0.29, 0.717) is 0 Å². The Balaban J connectivity index is 1.93. The van der Waals surface area contributed by atoms with Crippen molar-refractivity contribution in [3.8, 4) is 0 Å². The first kappa shape index (κ1) is 11.6. The largest absolute Gasteiger partial charge is 0.326 e. The molecule has 2 rings (SSSR count). The van der Waals surface area contributed by atoms with E-state index in [0.717, 1.165) is 36.1 Å². The average Bonchev–Trinajstić information content (AvgIpc) is 2.33. The summed E-state index contributed by atoms with van der Waals surface area (Å²) in [6, 6.07) is 7.65. The number of amides is 1. The van der Waals surface area contributed by atoms with Crippen LogP contribution in [0.4, 0.5) is 5.69 Å². The zero-order valence-corrected chi connectivity index (χ0v) is 10.6. The zero-order valence-electron chi connectivity index (χ0n) is 9.00. The first-order chi connectivity index (χ1) is 7.75. The first-order valence-electron chi connectivity index (χ1n) is 5.53. The lowest BCUT2D eigenvalue weighted by Crippen LogP contribution is -2.37. The lowest BCUT2D eigenvalue weighted by atomic mass is 9.99. The molecule has 1 atom stereocenters. The van der Waals surface area contributed by atoms with Crippen molar-refractivity contribution in [2.45, 2.75) is 12.8 Å².